The van der Waals surface area contributed by atoms with Crippen molar-refractivity contribution in [1.29, 1.82) is 0 Å². The fourth-order valence-corrected chi connectivity index (χ4v) is 1.23. The Morgan fingerprint density at radius 3 is 2.60 bits per heavy atom. The van der Waals surface area contributed by atoms with Gasteiger partial charge in [-0.25, -0.2) is 0 Å². The van der Waals surface area contributed by atoms with Crippen molar-refractivity contribution < 1.29 is 18.0 Å². The molecule has 2 N–H and O–H groups in total. The number of hydrogen-bond acceptors (Lipinski definition) is 2. The van der Waals surface area contributed by atoms with Gasteiger partial charge in [-0.3, -0.25) is 4.79 Å². The zero-order valence-electron chi connectivity index (χ0n) is 7.44. The van der Waals surface area contributed by atoms with E-state index in [1.807, 2.05) is 0 Å². The highest BCUT2D eigenvalue weighted by Gasteiger charge is 2.40. The van der Waals surface area contributed by atoms with Gasteiger partial charge in [-0.2, -0.15) is 13.2 Å². The molecule has 0 heterocycles. The quantitative estimate of drug-likeness (QED) is 0.761. The molecule has 82 valence electrons. The molecule has 0 saturated heterocycles. The van der Waals surface area contributed by atoms with Gasteiger partial charge in [0.15, 0.2) is 0 Å². The maximum atomic E-state index is 12.1. The van der Waals surface area contributed by atoms with Crippen LogP contribution in [0.5, 0.6) is 0 Å². The van der Waals surface area contributed by atoms with Crippen molar-refractivity contribution >= 4 is 17.4 Å². The Balaban J connectivity index is 3.17. The van der Waals surface area contributed by atoms with Gasteiger partial charge in [0, 0.05) is 17.2 Å². The van der Waals surface area contributed by atoms with Crippen LogP contribution in [0.4, 0.5) is 13.2 Å². The molecule has 15 heavy (non-hydrogen) atoms. The molecule has 1 aliphatic carbocycles. The molecule has 0 aromatic rings. The Hall–Kier alpha value is -1.23. The average Bonchev–Trinajstić information content (AvgIpc) is 2.25. The zero-order valence-corrected chi connectivity index (χ0v) is 8.19. The molecule has 0 unspecified atom stereocenters. The van der Waals surface area contributed by atoms with E-state index in [1.54, 1.807) is 0 Å². The molecule has 1 rings (SSSR count). The number of ketones is 1. The second kappa shape index (κ2) is 4.10. The zero-order chi connectivity index (χ0) is 11.6. The summed E-state index contributed by atoms with van der Waals surface area (Å²) in [6, 6.07) is 0. The maximum Gasteiger partial charge on any atom is 0.454 e. The summed E-state index contributed by atoms with van der Waals surface area (Å²) >= 11 is 5.58. The smallest absolute Gasteiger partial charge is 0.398 e. The molecule has 0 aromatic carbocycles. The molecule has 0 aliphatic heterocycles. The third-order valence-electron chi connectivity index (χ3n) is 1.72. The van der Waals surface area contributed by atoms with Crippen LogP contribution >= 0.6 is 11.6 Å². The van der Waals surface area contributed by atoms with E-state index in [1.165, 1.54) is 12.2 Å². The van der Waals surface area contributed by atoms with Crippen molar-refractivity contribution in [2.45, 2.75) is 12.6 Å². The summed E-state index contributed by atoms with van der Waals surface area (Å²) in [6.07, 6.45) is -0.995. The fourth-order valence-electron chi connectivity index (χ4n) is 1.04. The number of allylic oxidation sites excluding steroid dienone is 5. The van der Waals surface area contributed by atoms with Crippen LogP contribution in [0.2, 0.25) is 0 Å². The van der Waals surface area contributed by atoms with Gasteiger partial charge in [-0.1, -0.05) is 17.7 Å². The largest absolute Gasteiger partial charge is 0.454 e. The number of carbonyl (C=O) groups is 1. The summed E-state index contributed by atoms with van der Waals surface area (Å²) < 4.78 is 36.4. The maximum absolute atomic E-state index is 12.1. The average molecular weight is 238 g/mol. The number of halogens is 4. The van der Waals surface area contributed by atoms with E-state index in [9.17, 15) is 18.0 Å². The first-order chi connectivity index (χ1) is 6.82. The standard InChI is InChI=1S/C9H7ClF3NO/c10-5-2-1-3-7(14)6(4-5)8(15)9(11,12)13/h1,3-4H,2,14H2. The summed E-state index contributed by atoms with van der Waals surface area (Å²) in [4.78, 5) is 10.9. The second-order valence-electron chi connectivity index (χ2n) is 2.89. The number of hydrogen-bond donors (Lipinski definition) is 1. The van der Waals surface area contributed by atoms with E-state index in [4.69, 9.17) is 17.3 Å². The molecule has 0 amide bonds. The molecule has 0 fully saturated rings. The van der Waals surface area contributed by atoms with Crippen molar-refractivity contribution in [3.8, 4) is 0 Å². The molecule has 0 radical (unpaired) electrons. The lowest BCUT2D eigenvalue weighted by Gasteiger charge is -2.07. The molecular formula is C9H7ClF3NO. The molecule has 0 bridgehead atoms. The van der Waals surface area contributed by atoms with Gasteiger partial charge < -0.3 is 5.73 Å². The summed E-state index contributed by atoms with van der Waals surface area (Å²) in [5, 5.41) is 0.138. The molecule has 0 atom stereocenters. The van der Waals surface area contributed by atoms with Crippen molar-refractivity contribution in [3.05, 3.63) is 34.5 Å². The molecule has 0 saturated carbocycles. The van der Waals surface area contributed by atoms with Crippen LogP contribution in [0, 0.1) is 0 Å². The first-order valence-electron chi connectivity index (χ1n) is 3.96. The fraction of sp³-hybridized carbons (Fsp3) is 0.222. The van der Waals surface area contributed by atoms with Crippen LogP contribution in [0.3, 0.4) is 0 Å². The highest BCUT2D eigenvalue weighted by Crippen LogP contribution is 2.26. The molecule has 2 nitrogen and oxygen atoms in total. The number of rotatable bonds is 1. The Morgan fingerprint density at radius 1 is 1.47 bits per heavy atom. The third kappa shape index (κ3) is 2.86. The van der Waals surface area contributed by atoms with Crippen molar-refractivity contribution in [1.82, 2.24) is 0 Å². The first-order valence-corrected chi connectivity index (χ1v) is 4.34. The predicted molar refractivity (Wildman–Crippen MR) is 50.0 cm³/mol. The Morgan fingerprint density at radius 2 is 2.07 bits per heavy atom. The number of carbonyl (C=O) groups excluding carboxylic acids is 1. The highest BCUT2D eigenvalue weighted by molar-refractivity contribution is 6.30. The monoisotopic (exact) mass is 237 g/mol. The predicted octanol–water partition coefficient (Wildman–Crippen LogP) is 2.41. The topological polar surface area (TPSA) is 43.1 Å². The minimum atomic E-state index is -4.94. The number of alkyl halides is 3. The lowest BCUT2D eigenvalue weighted by molar-refractivity contribution is -0.166. The lowest BCUT2D eigenvalue weighted by atomic mass is 10.1. The summed E-state index contributed by atoms with van der Waals surface area (Å²) in [5.41, 5.74) is 4.47. The summed E-state index contributed by atoms with van der Waals surface area (Å²) in [5.74, 6) is -1.98. The van der Waals surface area contributed by atoms with Crippen LogP contribution < -0.4 is 5.73 Å². The van der Waals surface area contributed by atoms with Crippen LogP contribution in [0.1, 0.15) is 6.42 Å². The SMILES string of the molecule is NC1=C(C(=O)C(F)(F)F)C=C(Cl)CC=C1. The van der Waals surface area contributed by atoms with Crippen LogP contribution in [-0.4, -0.2) is 12.0 Å². The number of nitrogens with two attached hydrogens (primary N) is 1. The minimum absolute atomic E-state index is 0.138. The van der Waals surface area contributed by atoms with Crippen LogP contribution in [0.25, 0.3) is 0 Å². The van der Waals surface area contributed by atoms with Crippen molar-refractivity contribution in [2.75, 3.05) is 0 Å². The highest BCUT2D eigenvalue weighted by atomic mass is 35.5. The normalized spacial score (nSPS) is 17.5. The molecule has 1 aliphatic rings. The molecule has 0 aromatic heterocycles. The number of Topliss-reactive ketones (excluding diaryl/α,β-unsaturated/α-hetero) is 1. The van der Waals surface area contributed by atoms with E-state index in [2.05, 4.69) is 0 Å². The summed E-state index contributed by atoms with van der Waals surface area (Å²) in [7, 11) is 0. The summed E-state index contributed by atoms with van der Waals surface area (Å²) in [6.45, 7) is 0. The van der Waals surface area contributed by atoms with Gasteiger partial charge >= 0.3 is 6.18 Å². The van der Waals surface area contributed by atoms with Gasteiger partial charge in [-0.15, -0.1) is 0 Å². The van der Waals surface area contributed by atoms with Gasteiger partial charge in [0.25, 0.3) is 5.78 Å². The van der Waals surface area contributed by atoms with Crippen molar-refractivity contribution in [2.24, 2.45) is 5.73 Å². The van der Waals surface area contributed by atoms with Crippen molar-refractivity contribution in [3.63, 3.8) is 0 Å². The second-order valence-corrected chi connectivity index (χ2v) is 3.38. The van der Waals surface area contributed by atoms with E-state index in [0.29, 0.717) is 0 Å². The third-order valence-corrected chi connectivity index (χ3v) is 1.99. The Kier molecular flexibility index (Phi) is 3.24. The lowest BCUT2D eigenvalue weighted by Crippen LogP contribution is -2.25. The van der Waals surface area contributed by atoms with Crippen LogP contribution in [-0.2, 0) is 4.79 Å². The molecular weight excluding hydrogens is 231 g/mol. The van der Waals surface area contributed by atoms with E-state index < -0.39 is 17.5 Å². The van der Waals surface area contributed by atoms with Crippen LogP contribution in [0.15, 0.2) is 34.5 Å². The van der Waals surface area contributed by atoms with Gasteiger partial charge in [0.2, 0.25) is 0 Å². The van der Waals surface area contributed by atoms with Gasteiger partial charge in [-0.05, 0) is 12.2 Å². The van der Waals surface area contributed by atoms with E-state index >= 15 is 0 Å². The van der Waals surface area contributed by atoms with E-state index in [-0.39, 0.29) is 17.2 Å². The molecule has 6 heteroatoms. The molecule has 0 spiro atoms. The van der Waals surface area contributed by atoms with E-state index in [0.717, 1.165) is 6.08 Å². The van der Waals surface area contributed by atoms with Gasteiger partial charge in [0.1, 0.15) is 0 Å². The Labute approximate surface area is 88.9 Å². The minimum Gasteiger partial charge on any atom is -0.398 e. The first kappa shape index (κ1) is 11.8. The van der Waals surface area contributed by atoms with Gasteiger partial charge in [0.05, 0.1) is 5.57 Å². The Bertz CT molecular complexity index is 379.